The zero-order valence-corrected chi connectivity index (χ0v) is 9.55. The molecular formula is C10H19N2O3. The van der Waals surface area contributed by atoms with Gasteiger partial charge in [-0.15, -0.1) is 0 Å². The van der Waals surface area contributed by atoms with Crippen molar-refractivity contribution in [2.75, 3.05) is 19.6 Å². The van der Waals surface area contributed by atoms with Gasteiger partial charge in [-0.3, -0.25) is 9.59 Å². The summed E-state index contributed by atoms with van der Waals surface area (Å²) in [5, 5.41) is 5.34. The molecule has 0 unspecified atom stereocenters. The molecule has 0 aromatic carbocycles. The van der Waals surface area contributed by atoms with Crippen LogP contribution in [0.3, 0.4) is 0 Å². The second kappa shape index (κ2) is 7.23. The van der Waals surface area contributed by atoms with Gasteiger partial charge in [-0.05, 0) is 33.7 Å². The quantitative estimate of drug-likeness (QED) is 0.355. The smallest absolute Gasteiger partial charge is 0.320 e. The Bertz CT molecular complexity index is 199. The molecular weight excluding hydrogens is 196 g/mol. The summed E-state index contributed by atoms with van der Waals surface area (Å²) in [5.74, 6) is -0.266. The number of amides is 1. The first-order valence-electron chi connectivity index (χ1n) is 4.98. The summed E-state index contributed by atoms with van der Waals surface area (Å²) in [6, 6.07) is 0. The molecule has 0 fully saturated rings. The third-order valence-electron chi connectivity index (χ3n) is 1.42. The Kier molecular flexibility index (Phi) is 6.70. The lowest BCUT2D eigenvalue weighted by Gasteiger charge is -2.19. The van der Waals surface area contributed by atoms with Crippen molar-refractivity contribution in [3.05, 3.63) is 0 Å². The van der Waals surface area contributed by atoms with Crippen molar-refractivity contribution < 1.29 is 14.3 Å². The molecule has 5 heteroatoms. The van der Waals surface area contributed by atoms with Crippen molar-refractivity contribution >= 4 is 12.4 Å². The van der Waals surface area contributed by atoms with Gasteiger partial charge in [-0.1, -0.05) is 0 Å². The highest BCUT2D eigenvalue weighted by atomic mass is 16.6. The molecule has 0 saturated heterocycles. The van der Waals surface area contributed by atoms with Gasteiger partial charge in [0.1, 0.15) is 5.60 Å². The first-order chi connectivity index (χ1) is 6.95. The Labute approximate surface area is 90.6 Å². The van der Waals surface area contributed by atoms with Gasteiger partial charge in [0, 0.05) is 6.54 Å². The van der Waals surface area contributed by atoms with Gasteiger partial charge in [0.15, 0.2) is 0 Å². The molecule has 0 saturated carbocycles. The molecule has 0 aliphatic heterocycles. The molecule has 2 N–H and O–H groups in total. The summed E-state index contributed by atoms with van der Waals surface area (Å²) in [6.07, 6.45) is 2.34. The number of hydrogen-bond acceptors (Lipinski definition) is 4. The zero-order chi connectivity index (χ0) is 11.7. The molecule has 15 heavy (non-hydrogen) atoms. The number of nitrogens with one attached hydrogen (secondary N) is 2. The van der Waals surface area contributed by atoms with Crippen LogP contribution in [0.4, 0.5) is 0 Å². The molecule has 0 spiro atoms. The Morgan fingerprint density at radius 1 is 1.33 bits per heavy atom. The number of rotatable bonds is 7. The van der Waals surface area contributed by atoms with Crippen LogP contribution in [0, 0.1) is 0 Å². The fourth-order valence-corrected chi connectivity index (χ4v) is 0.921. The minimum Gasteiger partial charge on any atom is -0.459 e. The van der Waals surface area contributed by atoms with Crippen LogP contribution >= 0.6 is 0 Å². The molecule has 5 nitrogen and oxygen atoms in total. The Morgan fingerprint density at radius 2 is 2.00 bits per heavy atom. The van der Waals surface area contributed by atoms with Crippen molar-refractivity contribution in [2.45, 2.75) is 32.8 Å². The van der Waals surface area contributed by atoms with Crippen LogP contribution in [0.5, 0.6) is 0 Å². The Morgan fingerprint density at radius 3 is 2.53 bits per heavy atom. The molecule has 0 heterocycles. The van der Waals surface area contributed by atoms with E-state index in [0.717, 1.165) is 6.42 Å². The minimum atomic E-state index is -0.438. The maximum absolute atomic E-state index is 11.2. The number of esters is 1. The van der Waals surface area contributed by atoms with Gasteiger partial charge in [-0.2, -0.15) is 0 Å². The van der Waals surface area contributed by atoms with Crippen molar-refractivity contribution in [2.24, 2.45) is 0 Å². The summed E-state index contributed by atoms with van der Waals surface area (Å²) in [5.41, 5.74) is -0.438. The number of ether oxygens (including phenoxy) is 1. The average molecular weight is 215 g/mol. The number of hydrogen-bond donors (Lipinski definition) is 2. The molecule has 87 valence electrons. The Hall–Kier alpha value is -1.10. The van der Waals surface area contributed by atoms with E-state index in [1.807, 2.05) is 20.8 Å². The predicted octanol–water partition coefficient (Wildman–Crippen LogP) is -0.0354. The molecule has 0 bridgehead atoms. The number of carbonyl (C=O) groups is 1. The topological polar surface area (TPSA) is 67.4 Å². The molecule has 0 aromatic rings. The molecule has 0 aliphatic carbocycles. The standard InChI is InChI=1S/C10H19N2O3/c1-10(2,3)15-9(14)7-11-5-4-6-12-8-13/h11H,4-7H2,1-3H3,(H,12,13). The molecule has 0 rings (SSSR count). The first-order valence-corrected chi connectivity index (χ1v) is 4.98. The van der Waals surface area contributed by atoms with Crippen LogP contribution in [0.2, 0.25) is 0 Å². The largest absolute Gasteiger partial charge is 0.459 e. The van der Waals surface area contributed by atoms with Crippen molar-refractivity contribution in [3.63, 3.8) is 0 Å². The van der Waals surface area contributed by atoms with Gasteiger partial charge in [0.25, 0.3) is 0 Å². The minimum absolute atomic E-state index is 0.197. The second-order valence-electron chi connectivity index (χ2n) is 4.15. The number of carbonyl (C=O) groups excluding carboxylic acids is 2. The molecule has 1 radical (unpaired) electrons. The monoisotopic (exact) mass is 215 g/mol. The zero-order valence-electron chi connectivity index (χ0n) is 9.55. The average Bonchev–Trinajstić information content (AvgIpc) is 2.08. The van der Waals surface area contributed by atoms with Crippen LogP contribution in [0.1, 0.15) is 27.2 Å². The molecule has 1 amide bonds. The summed E-state index contributed by atoms with van der Waals surface area (Å²) in [6.45, 7) is 6.90. The predicted molar refractivity (Wildman–Crippen MR) is 57.0 cm³/mol. The van der Waals surface area contributed by atoms with Gasteiger partial charge in [0.2, 0.25) is 0 Å². The third kappa shape index (κ3) is 10.8. The summed E-state index contributed by atoms with van der Waals surface area (Å²) in [7, 11) is 0. The summed E-state index contributed by atoms with van der Waals surface area (Å²) < 4.78 is 5.09. The second-order valence-corrected chi connectivity index (χ2v) is 4.15. The van der Waals surface area contributed by atoms with Crippen LogP contribution in [-0.4, -0.2) is 37.6 Å². The normalized spacial score (nSPS) is 10.9. The van der Waals surface area contributed by atoms with Gasteiger partial charge < -0.3 is 15.4 Å². The lowest BCUT2D eigenvalue weighted by atomic mass is 10.2. The van der Waals surface area contributed by atoms with Crippen LogP contribution in [0.25, 0.3) is 0 Å². The third-order valence-corrected chi connectivity index (χ3v) is 1.42. The van der Waals surface area contributed by atoms with E-state index in [4.69, 9.17) is 4.74 Å². The van der Waals surface area contributed by atoms with Crippen LogP contribution in [0.15, 0.2) is 0 Å². The lowest BCUT2D eigenvalue weighted by molar-refractivity contribution is -0.153. The maximum atomic E-state index is 11.2. The summed E-state index contributed by atoms with van der Waals surface area (Å²) >= 11 is 0. The van der Waals surface area contributed by atoms with Gasteiger partial charge in [0.05, 0.1) is 6.54 Å². The van der Waals surface area contributed by atoms with E-state index in [9.17, 15) is 9.59 Å². The van der Waals surface area contributed by atoms with E-state index in [1.165, 1.54) is 0 Å². The molecule has 0 aromatic heterocycles. The van der Waals surface area contributed by atoms with E-state index in [0.29, 0.717) is 13.1 Å². The van der Waals surface area contributed by atoms with E-state index in [1.54, 1.807) is 6.41 Å². The van der Waals surface area contributed by atoms with Gasteiger partial charge in [-0.25, -0.2) is 0 Å². The SMILES string of the molecule is CC(C)(C)OC(=O)CNCCCN[C]=O. The highest BCUT2D eigenvalue weighted by Gasteiger charge is 2.15. The van der Waals surface area contributed by atoms with E-state index in [2.05, 4.69) is 10.6 Å². The van der Waals surface area contributed by atoms with Crippen LogP contribution in [-0.2, 0) is 14.3 Å². The highest BCUT2D eigenvalue weighted by Crippen LogP contribution is 2.05. The Balaban J connectivity index is 3.36. The van der Waals surface area contributed by atoms with Crippen molar-refractivity contribution in [3.8, 4) is 0 Å². The lowest BCUT2D eigenvalue weighted by Crippen LogP contribution is -2.32. The van der Waals surface area contributed by atoms with E-state index in [-0.39, 0.29) is 12.5 Å². The fourth-order valence-electron chi connectivity index (χ4n) is 0.921. The maximum Gasteiger partial charge on any atom is 0.320 e. The molecule has 0 aliphatic rings. The van der Waals surface area contributed by atoms with Gasteiger partial charge >= 0.3 is 12.4 Å². The fraction of sp³-hybridized carbons (Fsp3) is 0.800. The summed E-state index contributed by atoms with van der Waals surface area (Å²) in [4.78, 5) is 21.0. The van der Waals surface area contributed by atoms with E-state index < -0.39 is 5.60 Å². The van der Waals surface area contributed by atoms with E-state index >= 15 is 0 Å². The van der Waals surface area contributed by atoms with Crippen molar-refractivity contribution in [1.82, 2.24) is 10.6 Å². The first kappa shape index (κ1) is 13.9. The van der Waals surface area contributed by atoms with Crippen molar-refractivity contribution in [1.29, 1.82) is 0 Å². The highest BCUT2D eigenvalue weighted by molar-refractivity contribution is 5.72. The molecule has 0 atom stereocenters. The van der Waals surface area contributed by atoms with Crippen LogP contribution < -0.4 is 10.6 Å².